The maximum absolute atomic E-state index is 12.3. The number of aromatic amines is 1. The normalized spacial score (nSPS) is 12.4. The summed E-state index contributed by atoms with van der Waals surface area (Å²) in [6.07, 6.45) is 22.9. The van der Waals surface area contributed by atoms with Gasteiger partial charge in [-0.25, -0.2) is 4.79 Å². The summed E-state index contributed by atoms with van der Waals surface area (Å²) in [4.78, 5) is 27.1. The summed E-state index contributed by atoms with van der Waals surface area (Å²) in [6, 6.07) is 6.89. The fraction of sp³-hybridized carbons (Fsp3) is 0.586. The average molecular weight is 469 g/mol. The third-order valence-electron chi connectivity index (χ3n) is 6.40. The Labute approximate surface area is 205 Å². The zero-order valence-electron chi connectivity index (χ0n) is 21.0. The van der Waals surface area contributed by atoms with Gasteiger partial charge in [-0.1, -0.05) is 88.6 Å². The fourth-order valence-electron chi connectivity index (χ4n) is 4.34. The number of unbranched alkanes of at least 4 members (excludes halogenated alkanes) is 11. The van der Waals surface area contributed by atoms with Crippen LogP contribution >= 0.6 is 0 Å². The van der Waals surface area contributed by atoms with Gasteiger partial charge in [0.05, 0.1) is 0 Å². The smallest absolute Gasteiger partial charge is 0.326 e. The van der Waals surface area contributed by atoms with Crippen molar-refractivity contribution >= 4 is 22.8 Å². The van der Waals surface area contributed by atoms with Crippen LogP contribution in [0, 0.1) is 0 Å². The van der Waals surface area contributed by atoms with Crippen molar-refractivity contribution < 1.29 is 14.7 Å². The third kappa shape index (κ3) is 11.0. The topological polar surface area (TPSA) is 82.2 Å². The van der Waals surface area contributed by atoms with Crippen LogP contribution < -0.4 is 5.32 Å². The predicted octanol–water partition coefficient (Wildman–Crippen LogP) is 7.32. The summed E-state index contributed by atoms with van der Waals surface area (Å²) in [6.45, 7) is 2.25. The summed E-state index contributed by atoms with van der Waals surface area (Å²) in [5.41, 5.74) is 1.88. The first-order valence-corrected chi connectivity index (χ1v) is 13.3. The van der Waals surface area contributed by atoms with Crippen LogP contribution in [-0.4, -0.2) is 28.0 Å². The van der Waals surface area contributed by atoms with Crippen LogP contribution in [0.1, 0.15) is 102 Å². The van der Waals surface area contributed by atoms with Gasteiger partial charge in [-0.2, -0.15) is 0 Å². The van der Waals surface area contributed by atoms with Crippen LogP contribution in [0.5, 0.6) is 0 Å². The Hall–Kier alpha value is -2.56. The number of H-pyrrole nitrogens is 1. The third-order valence-corrected chi connectivity index (χ3v) is 6.40. The number of para-hydroxylation sites is 1. The number of hydrogen-bond acceptors (Lipinski definition) is 2. The number of amides is 1. The molecule has 0 fully saturated rings. The predicted molar refractivity (Wildman–Crippen MR) is 141 cm³/mol. The first-order chi connectivity index (χ1) is 16.6. The van der Waals surface area contributed by atoms with Gasteiger partial charge in [0.15, 0.2) is 0 Å². The van der Waals surface area contributed by atoms with Gasteiger partial charge in [0.25, 0.3) is 0 Å². The lowest BCUT2D eigenvalue weighted by molar-refractivity contribution is -0.141. The summed E-state index contributed by atoms with van der Waals surface area (Å²) < 4.78 is 0. The molecule has 2 aromatic rings. The van der Waals surface area contributed by atoms with E-state index >= 15 is 0 Å². The molecule has 1 amide bonds. The van der Waals surface area contributed by atoms with Gasteiger partial charge in [0.2, 0.25) is 5.91 Å². The van der Waals surface area contributed by atoms with Gasteiger partial charge in [-0.15, -0.1) is 0 Å². The zero-order chi connectivity index (χ0) is 24.4. The number of nitrogens with one attached hydrogen (secondary N) is 2. The molecule has 1 aromatic heterocycles. The number of fused-ring (bicyclic) bond motifs is 1. The molecule has 3 N–H and O–H groups in total. The van der Waals surface area contributed by atoms with Gasteiger partial charge in [-0.3, -0.25) is 4.79 Å². The minimum atomic E-state index is -0.995. The quantitative estimate of drug-likeness (QED) is 0.149. The molecule has 0 saturated heterocycles. The Morgan fingerprint density at radius 2 is 1.53 bits per heavy atom. The van der Waals surface area contributed by atoms with Crippen molar-refractivity contribution in [3.63, 3.8) is 0 Å². The number of carbonyl (C=O) groups excluding carboxylic acids is 1. The molecule has 1 atom stereocenters. The number of hydrogen-bond donors (Lipinski definition) is 3. The maximum atomic E-state index is 12.3. The van der Waals surface area contributed by atoms with E-state index in [9.17, 15) is 14.7 Å². The van der Waals surface area contributed by atoms with Gasteiger partial charge in [-0.05, 0) is 43.7 Å². The van der Waals surface area contributed by atoms with Gasteiger partial charge < -0.3 is 15.4 Å². The maximum Gasteiger partial charge on any atom is 0.326 e. The summed E-state index contributed by atoms with van der Waals surface area (Å²) >= 11 is 0. The number of aromatic nitrogens is 1. The van der Waals surface area contributed by atoms with E-state index in [4.69, 9.17) is 0 Å². The van der Waals surface area contributed by atoms with Crippen molar-refractivity contribution in [2.75, 3.05) is 0 Å². The van der Waals surface area contributed by atoms with Crippen molar-refractivity contribution in [1.29, 1.82) is 0 Å². The standard InChI is InChI=1S/C29H44N2O3/c1-2-3-4-5-6-7-8-9-10-11-12-13-14-15-16-21-28(32)31-27(29(33)34)22-24-23-30-26-20-18-17-19-25(24)26/h7-8,17-20,23,27,30H,2-6,9-16,21-22H2,1H3,(H,31,32)(H,33,34)/b8-7-. The Morgan fingerprint density at radius 1 is 0.912 bits per heavy atom. The van der Waals surface area contributed by atoms with E-state index in [2.05, 4.69) is 29.4 Å². The molecular weight excluding hydrogens is 424 g/mol. The lowest BCUT2D eigenvalue weighted by Gasteiger charge is -2.14. The van der Waals surface area contributed by atoms with Crippen LogP contribution in [0.2, 0.25) is 0 Å². The minimum absolute atomic E-state index is 0.172. The second-order valence-corrected chi connectivity index (χ2v) is 9.36. The number of carboxylic acid groups (broad SMARTS) is 1. The molecular formula is C29H44N2O3. The highest BCUT2D eigenvalue weighted by Crippen LogP contribution is 2.19. The highest BCUT2D eigenvalue weighted by molar-refractivity contribution is 5.86. The molecule has 0 saturated carbocycles. The highest BCUT2D eigenvalue weighted by Gasteiger charge is 2.21. The number of rotatable bonds is 19. The summed E-state index contributed by atoms with van der Waals surface area (Å²) in [7, 11) is 0. The van der Waals surface area contributed by atoms with Gasteiger partial charge in [0, 0.05) is 29.9 Å². The van der Waals surface area contributed by atoms with Crippen LogP contribution in [0.15, 0.2) is 42.6 Å². The second-order valence-electron chi connectivity index (χ2n) is 9.36. The molecule has 0 bridgehead atoms. The second kappa shape index (κ2) is 17.0. The van der Waals surface area contributed by atoms with Crippen LogP contribution in [0.4, 0.5) is 0 Å². The molecule has 2 rings (SSSR count). The fourth-order valence-corrected chi connectivity index (χ4v) is 4.34. The lowest BCUT2D eigenvalue weighted by atomic mass is 10.0. The SMILES string of the molecule is CCCCCC/C=C\CCCCCCCCCC(=O)NC(Cc1c[nH]c2ccccc12)C(=O)O. The number of carbonyl (C=O) groups is 2. The molecule has 1 aromatic carbocycles. The van der Waals surface area contributed by atoms with E-state index in [1.54, 1.807) is 0 Å². The number of benzene rings is 1. The van der Waals surface area contributed by atoms with E-state index in [1.807, 2.05) is 30.5 Å². The molecule has 0 aliphatic rings. The molecule has 0 aliphatic heterocycles. The van der Waals surface area contributed by atoms with Crippen molar-refractivity contribution in [3.8, 4) is 0 Å². The van der Waals surface area contributed by atoms with E-state index in [-0.39, 0.29) is 12.3 Å². The first kappa shape index (κ1) is 27.7. The molecule has 34 heavy (non-hydrogen) atoms. The van der Waals surface area contributed by atoms with E-state index in [0.29, 0.717) is 6.42 Å². The summed E-state index contributed by atoms with van der Waals surface area (Å²) in [5.74, 6) is -1.17. The van der Waals surface area contributed by atoms with Crippen LogP contribution in [0.25, 0.3) is 10.9 Å². The minimum Gasteiger partial charge on any atom is -0.480 e. The van der Waals surface area contributed by atoms with E-state index in [1.165, 1.54) is 64.2 Å². The van der Waals surface area contributed by atoms with Crippen molar-refractivity contribution in [2.24, 2.45) is 0 Å². The Kier molecular flexibility index (Phi) is 13.8. The highest BCUT2D eigenvalue weighted by atomic mass is 16.4. The molecule has 188 valence electrons. The molecule has 5 nitrogen and oxygen atoms in total. The summed E-state index contributed by atoms with van der Waals surface area (Å²) in [5, 5.41) is 13.3. The molecule has 0 spiro atoms. The van der Waals surface area contributed by atoms with Crippen molar-refractivity contribution in [1.82, 2.24) is 10.3 Å². The zero-order valence-corrected chi connectivity index (χ0v) is 21.0. The van der Waals surface area contributed by atoms with Crippen LogP contribution in [-0.2, 0) is 16.0 Å². The van der Waals surface area contributed by atoms with E-state index in [0.717, 1.165) is 35.7 Å². The molecule has 5 heteroatoms. The van der Waals surface area contributed by atoms with E-state index < -0.39 is 12.0 Å². The number of aliphatic carboxylic acids is 1. The monoisotopic (exact) mass is 468 g/mol. The number of allylic oxidation sites excluding steroid dienone is 2. The Morgan fingerprint density at radius 3 is 2.21 bits per heavy atom. The first-order valence-electron chi connectivity index (χ1n) is 13.3. The van der Waals surface area contributed by atoms with Gasteiger partial charge in [0.1, 0.15) is 6.04 Å². The number of carboxylic acids is 1. The van der Waals surface area contributed by atoms with Gasteiger partial charge >= 0.3 is 5.97 Å². The Balaban J connectivity index is 1.51. The molecule has 0 aliphatic carbocycles. The Bertz CT molecular complexity index is 871. The molecule has 0 radical (unpaired) electrons. The molecule has 1 heterocycles. The largest absolute Gasteiger partial charge is 0.480 e. The average Bonchev–Trinajstić information content (AvgIpc) is 3.24. The van der Waals surface area contributed by atoms with Crippen molar-refractivity contribution in [3.05, 3.63) is 48.2 Å². The lowest BCUT2D eigenvalue weighted by Crippen LogP contribution is -2.42. The van der Waals surface area contributed by atoms with Crippen molar-refractivity contribution in [2.45, 2.75) is 109 Å². The van der Waals surface area contributed by atoms with Crippen LogP contribution in [0.3, 0.4) is 0 Å². The molecule has 1 unspecified atom stereocenters.